The molecule has 0 atom stereocenters. The summed E-state index contributed by atoms with van der Waals surface area (Å²) >= 11 is 0.583. The molecule has 1 heterocycles. The van der Waals surface area contributed by atoms with E-state index >= 15 is 0 Å². The van der Waals surface area contributed by atoms with Crippen molar-refractivity contribution < 1.29 is 31.1 Å². The first-order valence-corrected chi connectivity index (χ1v) is 10.6. The lowest BCUT2D eigenvalue weighted by Gasteiger charge is -2.14. The molecule has 176 valence electrons. The van der Waals surface area contributed by atoms with Gasteiger partial charge in [0.2, 0.25) is 5.91 Å². The van der Waals surface area contributed by atoms with Gasteiger partial charge in [0.25, 0.3) is 0 Å². The van der Waals surface area contributed by atoms with E-state index < -0.39 is 40.7 Å². The van der Waals surface area contributed by atoms with Gasteiger partial charge in [0.15, 0.2) is 0 Å². The van der Waals surface area contributed by atoms with Gasteiger partial charge in [-0.05, 0) is 31.2 Å². The highest BCUT2D eigenvalue weighted by atomic mass is 32.2. The fourth-order valence-electron chi connectivity index (χ4n) is 2.93. The quantitative estimate of drug-likeness (QED) is 0.316. The SMILES string of the molecule is Cc1ccc(-c2cc(C(F)(F)F)c(C#N)c(SCC(=O)Nc3cccc(C(F)(F)F)c3)n2)cc1. The summed E-state index contributed by atoms with van der Waals surface area (Å²) in [5, 5.41) is 11.3. The van der Waals surface area contributed by atoms with Gasteiger partial charge in [-0.2, -0.15) is 31.6 Å². The van der Waals surface area contributed by atoms with Gasteiger partial charge < -0.3 is 5.32 Å². The molecule has 0 spiro atoms. The van der Waals surface area contributed by atoms with E-state index in [-0.39, 0.29) is 16.4 Å². The van der Waals surface area contributed by atoms with Crippen molar-refractivity contribution in [1.82, 2.24) is 4.98 Å². The monoisotopic (exact) mass is 495 g/mol. The zero-order valence-electron chi connectivity index (χ0n) is 17.4. The Hall–Kier alpha value is -3.52. The zero-order chi connectivity index (χ0) is 25.1. The minimum Gasteiger partial charge on any atom is -0.325 e. The Balaban J connectivity index is 1.88. The van der Waals surface area contributed by atoms with Crippen LogP contribution in [-0.2, 0) is 17.1 Å². The number of carbonyl (C=O) groups excluding carboxylic acids is 1. The molecule has 2 aromatic carbocycles. The second-order valence-corrected chi connectivity index (χ2v) is 8.09. The van der Waals surface area contributed by atoms with Gasteiger partial charge in [0.1, 0.15) is 11.1 Å². The summed E-state index contributed by atoms with van der Waals surface area (Å²) < 4.78 is 79.4. The Morgan fingerprint density at radius 2 is 1.71 bits per heavy atom. The van der Waals surface area contributed by atoms with Crippen LogP contribution >= 0.6 is 11.8 Å². The van der Waals surface area contributed by atoms with Gasteiger partial charge >= 0.3 is 12.4 Å². The number of aryl methyl sites for hydroxylation is 1. The normalized spacial score (nSPS) is 11.7. The summed E-state index contributed by atoms with van der Waals surface area (Å²) in [5.74, 6) is -1.25. The van der Waals surface area contributed by atoms with Gasteiger partial charge in [-0.1, -0.05) is 47.7 Å². The van der Waals surface area contributed by atoms with Crippen LogP contribution in [-0.4, -0.2) is 16.6 Å². The van der Waals surface area contributed by atoms with Crippen LogP contribution in [0.5, 0.6) is 0 Å². The van der Waals surface area contributed by atoms with Crippen LogP contribution in [0, 0.1) is 18.3 Å². The summed E-state index contributed by atoms with van der Waals surface area (Å²) in [6, 6.07) is 12.8. The van der Waals surface area contributed by atoms with Gasteiger partial charge in [-0.25, -0.2) is 4.98 Å². The van der Waals surface area contributed by atoms with Crippen molar-refractivity contribution in [1.29, 1.82) is 5.26 Å². The molecule has 0 saturated heterocycles. The number of rotatable bonds is 5. The van der Waals surface area contributed by atoms with Crippen LogP contribution in [0.4, 0.5) is 32.0 Å². The number of nitrogens with one attached hydrogen (secondary N) is 1. The Kier molecular flexibility index (Phi) is 7.21. The molecule has 0 aliphatic heterocycles. The Morgan fingerprint density at radius 3 is 2.29 bits per heavy atom. The fourth-order valence-corrected chi connectivity index (χ4v) is 3.74. The molecule has 0 aliphatic carbocycles. The van der Waals surface area contributed by atoms with E-state index in [0.29, 0.717) is 17.3 Å². The van der Waals surface area contributed by atoms with Crippen LogP contribution in [0.3, 0.4) is 0 Å². The first-order valence-electron chi connectivity index (χ1n) is 9.58. The molecule has 3 rings (SSSR count). The predicted octanol–water partition coefficient (Wildman–Crippen LogP) is 6.70. The molecular formula is C23H15F6N3OS. The van der Waals surface area contributed by atoms with Gasteiger partial charge in [0.05, 0.1) is 28.1 Å². The molecular weight excluding hydrogens is 480 g/mol. The number of alkyl halides is 6. The number of pyridine rings is 1. The minimum absolute atomic E-state index is 0.0351. The van der Waals surface area contributed by atoms with E-state index in [9.17, 15) is 36.4 Å². The Bertz CT molecular complexity index is 1250. The van der Waals surface area contributed by atoms with E-state index in [1.807, 2.05) is 0 Å². The van der Waals surface area contributed by atoms with Crippen molar-refractivity contribution in [2.45, 2.75) is 24.3 Å². The number of halogens is 6. The van der Waals surface area contributed by atoms with E-state index in [1.54, 1.807) is 31.2 Å². The number of carbonyl (C=O) groups is 1. The van der Waals surface area contributed by atoms with E-state index in [4.69, 9.17) is 0 Å². The smallest absolute Gasteiger partial charge is 0.325 e. The summed E-state index contributed by atoms with van der Waals surface area (Å²) in [5.41, 5.74) is -1.79. The van der Waals surface area contributed by atoms with Gasteiger partial charge in [0, 0.05) is 11.3 Å². The van der Waals surface area contributed by atoms with Crippen molar-refractivity contribution in [3.63, 3.8) is 0 Å². The first kappa shape index (κ1) is 25.1. The number of aromatic nitrogens is 1. The van der Waals surface area contributed by atoms with Crippen molar-refractivity contribution in [2.75, 3.05) is 11.1 Å². The van der Waals surface area contributed by atoms with Crippen LogP contribution < -0.4 is 5.32 Å². The number of nitrogens with zero attached hydrogens (tertiary/aromatic N) is 2. The summed E-state index contributed by atoms with van der Waals surface area (Å²) in [4.78, 5) is 16.4. The first-order chi connectivity index (χ1) is 15.9. The van der Waals surface area contributed by atoms with E-state index in [1.165, 1.54) is 12.1 Å². The van der Waals surface area contributed by atoms with E-state index in [0.717, 1.165) is 29.8 Å². The average Bonchev–Trinajstić information content (AvgIpc) is 2.76. The van der Waals surface area contributed by atoms with Crippen LogP contribution in [0.15, 0.2) is 59.6 Å². The lowest BCUT2D eigenvalue weighted by molar-refractivity contribution is -0.138. The highest BCUT2D eigenvalue weighted by Crippen LogP contribution is 2.38. The van der Waals surface area contributed by atoms with Crippen molar-refractivity contribution in [2.24, 2.45) is 0 Å². The molecule has 1 N–H and O–H groups in total. The van der Waals surface area contributed by atoms with E-state index in [2.05, 4.69) is 10.3 Å². The highest BCUT2D eigenvalue weighted by molar-refractivity contribution is 8.00. The summed E-state index contributed by atoms with van der Waals surface area (Å²) in [6.45, 7) is 1.81. The Morgan fingerprint density at radius 1 is 1.03 bits per heavy atom. The molecule has 11 heteroatoms. The number of hydrogen-bond donors (Lipinski definition) is 1. The second kappa shape index (κ2) is 9.77. The number of benzene rings is 2. The third-order valence-electron chi connectivity index (χ3n) is 4.56. The minimum atomic E-state index is -4.84. The van der Waals surface area contributed by atoms with Crippen LogP contribution in [0.2, 0.25) is 0 Å². The number of anilines is 1. The summed E-state index contributed by atoms with van der Waals surface area (Å²) in [7, 11) is 0. The zero-order valence-corrected chi connectivity index (χ0v) is 18.2. The third-order valence-corrected chi connectivity index (χ3v) is 5.54. The summed E-state index contributed by atoms with van der Waals surface area (Å²) in [6.07, 6.45) is -9.45. The van der Waals surface area contributed by atoms with Crippen LogP contribution in [0.25, 0.3) is 11.3 Å². The van der Waals surface area contributed by atoms with Crippen LogP contribution in [0.1, 0.15) is 22.3 Å². The van der Waals surface area contributed by atoms with Crippen molar-refractivity contribution >= 4 is 23.4 Å². The maximum Gasteiger partial charge on any atom is 0.417 e. The molecule has 1 amide bonds. The molecule has 0 bridgehead atoms. The van der Waals surface area contributed by atoms with Gasteiger partial charge in [-0.3, -0.25) is 4.79 Å². The molecule has 1 aromatic heterocycles. The van der Waals surface area contributed by atoms with Crippen molar-refractivity contribution in [3.05, 3.63) is 76.9 Å². The highest BCUT2D eigenvalue weighted by Gasteiger charge is 2.36. The lowest BCUT2D eigenvalue weighted by atomic mass is 10.0. The number of hydrogen-bond acceptors (Lipinski definition) is 4. The maximum atomic E-state index is 13.6. The fraction of sp³-hybridized carbons (Fsp3) is 0.174. The predicted molar refractivity (Wildman–Crippen MR) is 115 cm³/mol. The maximum absolute atomic E-state index is 13.6. The number of nitriles is 1. The Labute approximate surface area is 194 Å². The molecule has 0 aliphatic rings. The molecule has 3 aromatic rings. The molecule has 0 saturated carbocycles. The largest absolute Gasteiger partial charge is 0.417 e. The van der Waals surface area contributed by atoms with Gasteiger partial charge in [-0.15, -0.1) is 0 Å². The second-order valence-electron chi connectivity index (χ2n) is 7.13. The average molecular weight is 495 g/mol. The van der Waals surface area contributed by atoms with Crippen molar-refractivity contribution in [3.8, 4) is 17.3 Å². The molecule has 0 fully saturated rings. The molecule has 0 radical (unpaired) electrons. The standard InChI is InChI=1S/C23H15F6N3OS/c1-13-5-7-14(8-6-13)19-10-18(23(27,28)29)17(11-30)21(32-19)34-12-20(33)31-16-4-2-3-15(9-16)22(24,25)26/h2-10H,12H2,1H3,(H,31,33). The number of amides is 1. The molecule has 34 heavy (non-hydrogen) atoms. The third kappa shape index (κ3) is 6.08. The molecule has 0 unspecified atom stereocenters. The topological polar surface area (TPSA) is 65.8 Å². The number of thioether (sulfide) groups is 1. The lowest BCUT2D eigenvalue weighted by Crippen LogP contribution is -2.16. The molecule has 4 nitrogen and oxygen atoms in total.